The Labute approximate surface area is 244 Å². The van der Waals surface area contributed by atoms with Crippen LogP contribution < -0.4 is 0 Å². The monoisotopic (exact) mass is 594 g/mol. The molecule has 0 aliphatic heterocycles. The number of hydrogen-bond acceptors (Lipinski definition) is 7. The molecule has 9 nitrogen and oxygen atoms in total. The summed E-state index contributed by atoms with van der Waals surface area (Å²) in [6.07, 6.45) is 17.6. The maximum absolute atomic E-state index is 12.5. The fourth-order valence-corrected chi connectivity index (χ4v) is 4.81. The number of unbranched alkanes of at least 4 members (excludes halogenated alkanes) is 14. The highest BCUT2D eigenvalue weighted by Gasteiger charge is 2.27. The van der Waals surface area contributed by atoms with E-state index in [0.29, 0.717) is 17.4 Å². The first-order chi connectivity index (χ1) is 19.0. The van der Waals surface area contributed by atoms with Crippen molar-refractivity contribution in [3.05, 3.63) is 0 Å². The van der Waals surface area contributed by atoms with Gasteiger partial charge in [0.15, 0.2) is 6.10 Å². The van der Waals surface area contributed by atoms with Crippen LogP contribution in [-0.4, -0.2) is 74.9 Å². The molecule has 1 N–H and O–H groups in total. The number of quaternary nitrogens is 1. The minimum atomic E-state index is -4.34. The van der Waals surface area contributed by atoms with Crippen LogP contribution in [0.4, 0.5) is 0 Å². The number of likely N-dealkylation sites (N-methyl/N-ethyl adjacent to an activating group) is 1. The number of carbonyl (C=O) groups excluding carboxylic acids is 2. The lowest BCUT2D eigenvalue weighted by Gasteiger charge is -2.24. The highest BCUT2D eigenvalue weighted by molar-refractivity contribution is 7.47. The predicted octanol–water partition coefficient (Wildman–Crippen LogP) is 7.34. The normalized spacial score (nSPS) is 14.1. The molecule has 0 aromatic carbocycles. The first kappa shape index (κ1) is 39.0. The van der Waals surface area contributed by atoms with E-state index in [0.717, 1.165) is 44.9 Å². The summed E-state index contributed by atoms with van der Waals surface area (Å²) in [5, 5.41) is 0. The molecule has 0 spiro atoms. The Bertz CT molecular complexity index is 683. The Morgan fingerprint density at radius 3 is 1.60 bits per heavy atom. The summed E-state index contributed by atoms with van der Waals surface area (Å²) >= 11 is 0. The van der Waals surface area contributed by atoms with Crippen LogP contribution in [0.25, 0.3) is 0 Å². The van der Waals surface area contributed by atoms with Gasteiger partial charge in [-0.05, 0) is 12.8 Å². The van der Waals surface area contributed by atoms with E-state index < -0.39 is 26.5 Å². The lowest BCUT2D eigenvalue weighted by molar-refractivity contribution is -0.870. The van der Waals surface area contributed by atoms with Crippen LogP contribution in [0.15, 0.2) is 0 Å². The van der Waals surface area contributed by atoms with Gasteiger partial charge >= 0.3 is 19.8 Å². The zero-order valence-corrected chi connectivity index (χ0v) is 27.2. The molecule has 0 fully saturated rings. The Hall–Kier alpha value is -0.990. The van der Waals surface area contributed by atoms with Crippen LogP contribution in [0, 0.1) is 0 Å². The maximum atomic E-state index is 12.5. The number of phosphoric acid groups is 1. The molecule has 2 atom stereocenters. The second-order valence-electron chi connectivity index (χ2n) is 11.9. The Balaban J connectivity index is 4.48. The van der Waals surface area contributed by atoms with Crippen molar-refractivity contribution in [1.29, 1.82) is 0 Å². The molecule has 0 rings (SSSR count). The molecule has 238 valence electrons. The van der Waals surface area contributed by atoms with Crippen molar-refractivity contribution in [2.24, 2.45) is 0 Å². The Morgan fingerprint density at radius 1 is 0.675 bits per heavy atom. The summed E-state index contributed by atoms with van der Waals surface area (Å²) in [5.74, 6) is -0.812. The van der Waals surface area contributed by atoms with Crippen molar-refractivity contribution in [3.63, 3.8) is 0 Å². The third-order valence-corrected chi connectivity index (χ3v) is 7.62. The minimum absolute atomic E-state index is 0.0353. The number of esters is 2. The van der Waals surface area contributed by atoms with E-state index in [-0.39, 0.29) is 32.0 Å². The van der Waals surface area contributed by atoms with E-state index in [4.69, 9.17) is 18.5 Å². The van der Waals surface area contributed by atoms with Crippen LogP contribution in [0.2, 0.25) is 0 Å². The highest BCUT2D eigenvalue weighted by atomic mass is 31.2. The van der Waals surface area contributed by atoms with E-state index >= 15 is 0 Å². The zero-order chi connectivity index (χ0) is 30.1. The zero-order valence-electron chi connectivity index (χ0n) is 26.3. The van der Waals surface area contributed by atoms with Crippen molar-refractivity contribution < 1.29 is 42.1 Å². The second kappa shape index (κ2) is 24.6. The van der Waals surface area contributed by atoms with Gasteiger partial charge in [0.25, 0.3) is 0 Å². The van der Waals surface area contributed by atoms with Crippen molar-refractivity contribution >= 4 is 19.8 Å². The van der Waals surface area contributed by atoms with Gasteiger partial charge < -0.3 is 18.9 Å². The average Bonchev–Trinajstić information content (AvgIpc) is 2.87. The molecule has 0 aliphatic rings. The number of hydrogen-bond donors (Lipinski definition) is 1. The first-order valence-electron chi connectivity index (χ1n) is 15.8. The molecule has 0 saturated carbocycles. The van der Waals surface area contributed by atoms with Crippen LogP contribution in [-0.2, 0) is 32.7 Å². The largest absolute Gasteiger partial charge is 0.472 e. The molecule has 0 aliphatic carbocycles. The predicted molar refractivity (Wildman–Crippen MR) is 160 cm³/mol. The SMILES string of the molecule is CCCCCCCCCCCCCC(=O)OC(COC(=O)CCCCCCC)COP(=O)(O)OCC[N+](C)(C)C. The molecule has 0 heterocycles. The molecule has 0 bridgehead atoms. The van der Waals surface area contributed by atoms with Crippen molar-refractivity contribution in [2.45, 2.75) is 136 Å². The van der Waals surface area contributed by atoms with E-state index in [1.807, 2.05) is 21.1 Å². The maximum Gasteiger partial charge on any atom is 0.472 e. The van der Waals surface area contributed by atoms with Gasteiger partial charge in [-0.3, -0.25) is 18.6 Å². The number of rotatable bonds is 28. The van der Waals surface area contributed by atoms with Gasteiger partial charge in [0.2, 0.25) is 0 Å². The molecule has 0 aromatic rings. The van der Waals surface area contributed by atoms with Gasteiger partial charge in [-0.1, -0.05) is 104 Å². The quantitative estimate of drug-likeness (QED) is 0.0434. The van der Waals surface area contributed by atoms with Crippen LogP contribution in [0.5, 0.6) is 0 Å². The number of phosphoric ester groups is 1. The second-order valence-corrected chi connectivity index (χ2v) is 13.3. The smallest absolute Gasteiger partial charge is 0.462 e. The van der Waals surface area contributed by atoms with E-state index in [9.17, 15) is 19.0 Å². The standard InChI is InChI=1S/C30H60NO8P/c1-6-8-10-12-13-14-15-16-17-19-21-23-30(33)39-28(26-36-29(32)22-20-18-11-9-7-2)27-38-40(34,35)37-25-24-31(3,4)5/h28H,6-27H2,1-5H3/p+1. The van der Waals surface area contributed by atoms with Gasteiger partial charge in [0.1, 0.15) is 19.8 Å². The lowest BCUT2D eigenvalue weighted by Crippen LogP contribution is -2.37. The third kappa shape index (κ3) is 27.2. The summed E-state index contributed by atoms with van der Waals surface area (Å²) in [5.41, 5.74) is 0. The highest BCUT2D eigenvalue weighted by Crippen LogP contribution is 2.43. The molecule has 40 heavy (non-hydrogen) atoms. The van der Waals surface area contributed by atoms with Crippen molar-refractivity contribution in [3.8, 4) is 0 Å². The van der Waals surface area contributed by atoms with E-state index in [1.165, 1.54) is 51.4 Å². The summed E-state index contributed by atoms with van der Waals surface area (Å²) in [6.45, 7) is 4.29. The van der Waals surface area contributed by atoms with E-state index in [2.05, 4.69) is 13.8 Å². The van der Waals surface area contributed by atoms with Crippen LogP contribution in [0.3, 0.4) is 0 Å². The number of ether oxygens (including phenoxy) is 2. The van der Waals surface area contributed by atoms with E-state index in [1.54, 1.807) is 0 Å². The Kier molecular flexibility index (Phi) is 24.0. The lowest BCUT2D eigenvalue weighted by atomic mass is 10.1. The van der Waals surface area contributed by atoms with Gasteiger partial charge in [-0.15, -0.1) is 0 Å². The molecule has 0 aromatic heterocycles. The fourth-order valence-electron chi connectivity index (χ4n) is 4.07. The Morgan fingerprint density at radius 2 is 1.12 bits per heavy atom. The van der Waals surface area contributed by atoms with Crippen molar-refractivity contribution in [2.75, 3.05) is 47.5 Å². The summed E-state index contributed by atoms with van der Waals surface area (Å²) in [4.78, 5) is 34.6. The molecule has 0 radical (unpaired) electrons. The molecule has 2 unspecified atom stereocenters. The number of carbonyl (C=O) groups is 2. The molecule has 10 heteroatoms. The van der Waals surface area contributed by atoms with Gasteiger partial charge in [0, 0.05) is 12.8 Å². The van der Waals surface area contributed by atoms with Gasteiger partial charge in [-0.25, -0.2) is 4.57 Å². The van der Waals surface area contributed by atoms with Crippen LogP contribution >= 0.6 is 7.82 Å². The fraction of sp³-hybridized carbons (Fsp3) is 0.933. The topological polar surface area (TPSA) is 108 Å². The summed E-state index contributed by atoms with van der Waals surface area (Å²) in [6, 6.07) is 0. The average molecular weight is 595 g/mol. The molecule has 0 saturated heterocycles. The molecular formula is C30H61NO8P+. The summed E-state index contributed by atoms with van der Waals surface area (Å²) < 4.78 is 33.8. The molecular weight excluding hydrogens is 533 g/mol. The van der Waals surface area contributed by atoms with Gasteiger partial charge in [-0.2, -0.15) is 0 Å². The summed E-state index contributed by atoms with van der Waals surface area (Å²) in [7, 11) is 1.48. The number of nitrogens with zero attached hydrogens (tertiary/aromatic N) is 1. The third-order valence-electron chi connectivity index (χ3n) is 6.64. The minimum Gasteiger partial charge on any atom is -0.462 e. The molecule has 0 amide bonds. The van der Waals surface area contributed by atoms with Crippen molar-refractivity contribution in [1.82, 2.24) is 0 Å². The van der Waals surface area contributed by atoms with Crippen LogP contribution in [0.1, 0.15) is 129 Å². The van der Waals surface area contributed by atoms with Gasteiger partial charge in [0.05, 0.1) is 27.7 Å². The first-order valence-corrected chi connectivity index (χ1v) is 17.3.